The van der Waals surface area contributed by atoms with Crippen molar-refractivity contribution in [3.63, 3.8) is 0 Å². The molecular formula is C19H23NO3. The van der Waals surface area contributed by atoms with Crippen LogP contribution >= 0.6 is 0 Å². The van der Waals surface area contributed by atoms with E-state index in [1.54, 1.807) is 12.1 Å². The molecule has 4 nitrogen and oxygen atoms in total. The zero-order valence-corrected chi connectivity index (χ0v) is 13.7. The normalized spacial score (nSPS) is 17.0. The molecule has 1 atom stereocenters. The number of carbonyl (C=O) groups is 2. The molecule has 1 aromatic carbocycles. The van der Waals surface area contributed by atoms with Crippen molar-refractivity contribution in [3.8, 4) is 11.8 Å². The van der Waals surface area contributed by atoms with Gasteiger partial charge in [0.25, 0.3) is 0 Å². The average molecular weight is 313 g/mol. The second kappa shape index (κ2) is 7.82. The van der Waals surface area contributed by atoms with E-state index >= 15 is 0 Å². The number of aliphatic carboxylic acids is 1. The van der Waals surface area contributed by atoms with E-state index in [0.29, 0.717) is 12.3 Å². The lowest BCUT2D eigenvalue weighted by Crippen LogP contribution is -2.35. The molecule has 1 saturated heterocycles. The second-order valence-electron chi connectivity index (χ2n) is 6.38. The van der Waals surface area contributed by atoms with E-state index in [1.807, 2.05) is 30.9 Å². The van der Waals surface area contributed by atoms with Gasteiger partial charge >= 0.3 is 5.97 Å². The Labute approximate surface area is 137 Å². The van der Waals surface area contributed by atoms with Gasteiger partial charge in [-0.25, -0.2) is 0 Å². The predicted octanol–water partition coefficient (Wildman–Crippen LogP) is 2.70. The molecule has 0 aliphatic carbocycles. The number of carbonyl (C=O) groups excluding carboxylic acids is 1. The fourth-order valence-electron chi connectivity index (χ4n) is 2.73. The molecule has 23 heavy (non-hydrogen) atoms. The molecule has 4 heteroatoms. The van der Waals surface area contributed by atoms with E-state index in [0.717, 1.165) is 30.5 Å². The minimum atomic E-state index is -0.839. The highest BCUT2D eigenvalue weighted by molar-refractivity contribution is 5.77. The Morgan fingerprint density at radius 2 is 2.00 bits per heavy atom. The third kappa shape index (κ3) is 5.14. The third-order valence-electron chi connectivity index (χ3n) is 3.85. The maximum Gasteiger partial charge on any atom is 0.307 e. The molecule has 1 aliphatic heterocycles. The highest BCUT2D eigenvalue weighted by Gasteiger charge is 2.27. The first-order valence-electron chi connectivity index (χ1n) is 8.07. The number of carboxylic acids is 1. The van der Waals surface area contributed by atoms with Gasteiger partial charge in [0.05, 0.1) is 12.5 Å². The smallest absolute Gasteiger partial charge is 0.307 e. The molecule has 2 rings (SSSR count). The number of benzene rings is 1. The number of rotatable bonds is 4. The fraction of sp³-hybridized carbons (Fsp3) is 0.474. The molecule has 122 valence electrons. The first-order valence-corrected chi connectivity index (χ1v) is 8.07. The fourth-order valence-corrected chi connectivity index (χ4v) is 2.73. The zero-order valence-electron chi connectivity index (χ0n) is 13.7. The molecule has 0 bridgehead atoms. The summed E-state index contributed by atoms with van der Waals surface area (Å²) in [5.74, 6) is 6.02. The lowest BCUT2D eigenvalue weighted by molar-refractivity contribution is -0.136. The van der Waals surface area contributed by atoms with Crippen LogP contribution in [0.4, 0.5) is 0 Å². The molecule has 0 radical (unpaired) electrons. The van der Waals surface area contributed by atoms with Gasteiger partial charge in [-0.3, -0.25) is 9.59 Å². The third-order valence-corrected chi connectivity index (χ3v) is 3.85. The van der Waals surface area contributed by atoms with Gasteiger partial charge in [-0.15, -0.1) is 0 Å². The Morgan fingerprint density at radius 3 is 2.61 bits per heavy atom. The molecular weight excluding hydrogens is 290 g/mol. The topological polar surface area (TPSA) is 57.6 Å². The molecule has 1 amide bonds. The molecule has 1 N–H and O–H groups in total. The summed E-state index contributed by atoms with van der Waals surface area (Å²) in [6.45, 7) is 4.89. The number of nitrogens with zero attached hydrogens (tertiary/aromatic N) is 1. The van der Waals surface area contributed by atoms with Gasteiger partial charge in [-0.1, -0.05) is 37.8 Å². The molecule has 0 aromatic heterocycles. The highest BCUT2D eigenvalue weighted by atomic mass is 16.4. The molecule has 0 spiro atoms. The van der Waals surface area contributed by atoms with Crippen LogP contribution in [0, 0.1) is 17.8 Å². The Bertz CT molecular complexity index is 622. The van der Waals surface area contributed by atoms with Gasteiger partial charge in [-0.05, 0) is 36.5 Å². The summed E-state index contributed by atoms with van der Waals surface area (Å²) in [5.41, 5.74) is 1.61. The SMILES string of the molecule is CC(C)CC(=O)N1CCCC1C#Cc1ccc(CC(=O)O)cc1. The van der Waals surface area contributed by atoms with E-state index in [9.17, 15) is 9.59 Å². The van der Waals surface area contributed by atoms with Gasteiger partial charge < -0.3 is 10.0 Å². The average Bonchev–Trinajstić information content (AvgIpc) is 2.94. The number of carboxylic acid groups (broad SMARTS) is 1. The summed E-state index contributed by atoms with van der Waals surface area (Å²) in [6, 6.07) is 7.24. The molecule has 1 unspecified atom stereocenters. The molecule has 1 fully saturated rings. The zero-order chi connectivity index (χ0) is 16.8. The van der Waals surface area contributed by atoms with Crippen LogP contribution in [0.25, 0.3) is 0 Å². The van der Waals surface area contributed by atoms with Crippen molar-refractivity contribution in [2.75, 3.05) is 6.54 Å². The summed E-state index contributed by atoms with van der Waals surface area (Å²) in [7, 11) is 0. The number of hydrogen-bond donors (Lipinski definition) is 1. The summed E-state index contributed by atoms with van der Waals surface area (Å²) >= 11 is 0. The minimum Gasteiger partial charge on any atom is -0.481 e. The van der Waals surface area contributed by atoms with Gasteiger partial charge in [0.15, 0.2) is 0 Å². The first kappa shape index (κ1) is 17.1. The Kier molecular flexibility index (Phi) is 5.81. The Hall–Kier alpha value is -2.28. The minimum absolute atomic E-state index is 0.0000499. The number of amides is 1. The second-order valence-corrected chi connectivity index (χ2v) is 6.38. The number of hydrogen-bond acceptors (Lipinski definition) is 2. The Morgan fingerprint density at radius 1 is 1.30 bits per heavy atom. The van der Waals surface area contributed by atoms with Gasteiger partial charge in [0.2, 0.25) is 5.91 Å². The van der Waals surface area contributed by atoms with Crippen molar-refractivity contribution in [2.24, 2.45) is 5.92 Å². The van der Waals surface area contributed by atoms with Crippen molar-refractivity contribution in [1.82, 2.24) is 4.90 Å². The quantitative estimate of drug-likeness (QED) is 0.870. The van der Waals surface area contributed by atoms with Crippen molar-refractivity contribution in [1.29, 1.82) is 0 Å². The van der Waals surface area contributed by atoms with E-state index in [2.05, 4.69) is 11.8 Å². The van der Waals surface area contributed by atoms with Crippen molar-refractivity contribution in [2.45, 2.75) is 45.6 Å². The van der Waals surface area contributed by atoms with E-state index in [4.69, 9.17) is 5.11 Å². The lowest BCUT2D eigenvalue weighted by atomic mass is 10.1. The molecule has 1 aliphatic rings. The van der Waals surface area contributed by atoms with Crippen LogP contribution in [-0.4, -0.2) is 34.5 Å². The van der Waals surface area contributed by atoms with Crippen LogP contribution in [0.3, 0.4) is 0 Å². The van der Waals surface area contributed by atoms with Crippen LogP contribution in [0.5, 0.6) is 0 Å². The van der Waals surface area contributed by atoms with Crippen LogP contribution in [0.15, 0.2) is 24.3 Å². The van der Waals surface area contributed by atoms with E-state index < -0.39 is 5.97 Å². The predicted molar refractivity (Wildman–Crippen MR) is 88.8 cm³/mol. The van der Waals surface area contributed by atoms with Crippen molar-refractivity contribution >= 4 is 11.9 Å². The van der Waals surface area contributed by atoms with Gasteiger partial charge in [-0.2, -0.15) is 0 Å². The monoisotopic (exact) mass is 313 g/mol. The molecule has 0 saturated carbocycles. The summed E-state index contributed by atoms with van der Waals surface area (Å²) in [4.78, 5) is 24.8. The van der Waals surface area contributed by atoms with Crippen LogP contribution in [0.1, 0.15) is 44.2 Å². The molecule has 1 aromatic rings. The van der Waals surface area contributed by atoms with Crippen LogP contribution < -0.4 is 0 Å². The Balaban J connectivity index is 2.02. The van der Waals surface area contributed by atoms with Crippen LogP contribution in [0.2, 0.25) is 0 Å². The summed E-state index contributed by atoms with van der Waals surface area (Å²) in [6.07, 6.45) is 2.52. The van der Waals surface area contributed by atoms with Gasteiger partial charge in [0, 0.05) is 18.5 Å². The highest BCUT2D eigenvalue weighted by Crippen LogP contribution is 2.19. The van der Waals surface area contributed by atoms with Crippen molar-refractivity contribution < 1.29 is 14.7 Å². The van der Waals surface area contributed by atoms with Crippen molar-refractivity contribution in [3.05, 3.63) is 35.4 Å². The summed E-state index contributed by atoms with van der Waals surface area (Å²) < 4.78 is 0. The van der Waals surface area contributed by atoms with Gasteiger partial charge in [0.1, 0.15) is 0 Å². The first-order chi connectivity index (χ1) is 11.0. The lowest BCUT2D eigenvalue weighted by Gasteiger charge is -2.21. The van der Waals surface area contributed by atoms with Crippen LogP contribution in [-0.2, 0) is 16.0 Å². The largest absolute Gasteiger partial charge is 0.481 e. The number of likely N-dealkylation sites (tertiary alicyclic amines) is 1. The molecule has 1 heterocycles. The maximum absolute atomic E-state index is 12.2. The van der Waals surface area contributed by atoms with E-state index in [-0.39, 0.29) is 18.4 Å². The van der Waals surface area contributed by atoms with E-state index in [1.165, 1.54) is 0 Å². The summed E-state index contributed by atoms with van der Waals surface area (Å²) in [5, 5.41) is 8.76. The maximum atomic E-state index is 12.2. The standard InChI is InChI=1S/C19H23NO3/c1-14(2)12-18(21)20-11-3-4-17(20)10-9-15-5-7-16(8-6-15)13-19(22)23/h5-8,14,17H,3-4,11-13H2,1-2H3,(H,22,23).